The summed E-state index contributed by atoms with van der Waals surface area (Å²) in [5, 5.41) is 14.0. The van der Waals surface area contributed by atoms with Crippen LogP contribution >= 0.6 is 11.8 Å². The van der Waals surface area contributed by atoms with Crippen molar-refractivity contribution in [3.8, 4) is 22.8 Å². The van der Waals surface area contributed by atoms with E-state index < -0.39 is 0 Å². The van der Waals surface area contributed by atoms with Crippen LogP contribution in [-0.2, 0) is 5.75 Å². The molecule has 28 heavy (non-hydrogen) atoms. The van der Waals surface area contributed by atoms with Crippen molar-refractivity contribution in [2.24, 2.45) is 0 Å². The first-order chi connectivity index (χ1) is 13.7. The average molecular weight is 392 g/mol. The number of hydrogen-bond acceptors (Lipinski definition) is 6. The lowest BCUT2D eigenvalue weighted by Crippen LogP contribution is -1.98. The Hall–Kier alpha value is -3.06. The highest BCUT2D eigenvalue weighted by molar-refractivity contribution is 7.98. The molecule has 4 rings (SSSR count). The zero-order chi connectivity index (χ0) is 19.5. The van der Waals surface area contributed by atoms with Gasteiger partial charge in [0.2, 0.25) is 5.16 Å². The van der Waals surface area contributed by atoms with E-state index in [0.717, 1.165) is 27.8 Å². The van der Waals surface area contributed by atoms with E-state index in [1.807, 2.05) is 36.4 Å². The SMILES string of the molecule is COc1ccc(-c2ccc3nnc(SCc4ccccc4C)n3n2)cc1OC. The second kappa shape index (κ2) is 7.90. The third-order valence-corrected chi connectivity index (χ3v) is 5.50. The van der Waals surface area contributed by atoms with Crippen LogP contribution in [0.25, 0.3) is 16.9 Å². The molecule has 0 aliphatic rings. The number of ether oxygens (including phenoxy) is 2. The van der Waals surface area contributed by atoms with Crippen molar-refractivity contribution in [2.75, 3.05) is 14.2 Å². The summed E-state index contributed by atoms with van der Waals surface area (Å²) < 4.78 is 12.5. The van der Waals surface area contributed by atoms with Crippen molar-refractivity contribution in [3.05, 3.63) is 65.7 Å². The summed E-state index contributed by atoms with van der Waals surface area (Å²) >= 11 is 1.62. The van der Waals surface area contributed by atoms with E-state index in [0.29, 0.717) is 11.5 Å². The Bertz CT molecular complexity index is 1130. The van der Waals surface area contributed by atoms with Gasteiger partial charge in [-0.25, -0.2) is 0 Å². The molecule has 0 saturated heterocycles. The van der Waals surface area contributed by atoms with Gasteiger partial charge in [-0.2, -0.15) is 9.61 Å². The first-order valence-corrected chi connectivity index (χ1v) is 9.80. The lowest BCUT2D eigenvalue weighted by Gasteiger charge is -2.09. The van der Waals surface area contributed by atoms with E-state index in [4.69, 9.17) is 14.6 Å². The maximum Gasteiger partial charge on any atom is 0.212 e. The van der Waals surface area contributed by atoms with Crippen LogP contribution in [0.15, 0.2) is 59.8 Å². The minimum atomic E-state index is 0.666. The first-order valence-electron chi connectivity index (χ1n) is 8.82. The molecule has 4 aromatic rings. The smallest absolute Gasteiger partial charge is 0.212 e. The van der Waals surface area contributed by atoms with Crippen molar-refractivity contribution >= 4 is 17.4 Å². The predicted octanol–water partition coefficient (Wildman–Crippen LogP) is 4.41. The summed E-state index contributed by atoms with van der Waals surface area (Å²) in [7, 11) is 3.25. The third-order valence-electron chi connectivity index (χ3n) is 4.53. The van der Waals surface area contributed by atoms with E-state index in [9.17, 15) is 0 Å². The highest BCUT2D eigenvalue weighted by Crippen LogP contribution is 2.32. The highest BCUT2D eigenvalue weighted by atomic mass is 32.2. The van der Waals surface area contributed by atoms with Gasteiger partial charge in [0.15, 0.2) is 17.1 Å². The van der Waals surface area contributed by atoms with E-state index in [1.54, 1.807) is 30.5 Å². The van der Waals surface area contributed by atoms with Crippen LogP contribution in [0.2, 0.25) is 0 Å². The molecule has 0 saturated carbocycles. The van der Waals surface area contributed by atoms with Crippen LogP contribution in [0.4, 0.5) is 0 Å². The normalized spacial score (nSPS) is 11.0. The highest BCUT2D eigenvalue weighted by Gasteiger charge is 2.12. The molecule has 0 radical (unpaired) electrons. The molecular weight excluding hydrogens is 372 g/mol. The third kappa shape index (κ3) is 3.53. The number of benzene rings is 2. The summed E-state index contributed by atoms with van der Waals surface area (Å²) in [6, 6.07) is 18.0. The molecule has 0 atom stereocenters. The van der Waals surface area contributed by atoms with Gasteiger partial charge >= 0.3 is 0 Å². The molecule has 142 valence electrons. The zero-order valence-corrected chi connectivity index (χ0v) is 16.7. The summed E-state index contributed by atoms with van der Waals surface area (Å²) in [4.78, 5) is 0. The number of thioether (sulfide) groups is 1. The standard InChI is InChI=1S/C21H20N4O2S/c1-14-6-4-5-7-16(14)13-28-21-23-22-20-11-9-17(24-25(20)21)15-8-10-18(26-2)19(12-15)27-3/h4-12H,13H2,1-3H3. The quantitative estimate of drug-likeness (QED) is 0.453. The number of aromatic nitrogens is 4. The van der Waals surface area contributed by atoms with Gasteiger partial charge in [0.1, 0.15) is 0 Å². The molecule has 0 N–H and O–H groups in total. The van der Waals surface area contributed by atoms with Crippen molar-refractivity contribution in [2.45, 2.75) is 17.8 Å². The maximum atomic E-state index is 5.40. The van der Waals surface area contributed by atoms with Crippen LogP contribution in [0.1, 0.15) is 11.1 Å². The Kier molecular flexibility index (Phi) is 5.16. The monoisotopic (exact) mass is 392 g/mol. The van der Waals surface area contributed by atoms with Crippen molar-refractivity contribution < 1.29 is 9.47 Å². The van der Waals surface area contributed by atoms with E-state index in [-0.39, 0.29) is 0 Å². The van der Waals surface area contributed by atoms with Crippen LogP contribution in [0.3, 0.4) is 0 Å². The van der Waals surface area contributed by atoms with Gasteiger partial charge < -0.3 is 9.47 Å². The van der Waals surface area contributed by atoms with E-state index in [1.165, 1.54) is 11.1 Å². The van der Waals surface area contributed by atoms with Crippen LogP contribution in [-0.4, -0.2) is 34.0 Å². The molecule has 2 aromatic carbocycles. The summed E-state index contributed by atoms with van der Waals surface area (Å²) in [6.45, 7) is 2.12. The van der Waals surface area contributed by atoms with Gasteiger partial charge in [-0.1, -0.05) is 36.0 Å². The number of aryl methyl sites for hydroxylation is 1. The number of methoxy groups -OCH3 is 2. The Morgan fingerprint density at radius 3 is 2.54 bits per heavy atom. The largest absolute Gasteiger partial charge is 0.493 e. The maximum absolute atomic E-state index is 5.40. The van der Waals surface area contributed by atoms with Crippen molar-refractivity contribution in [3.63, 3.8) is 0 Å². The lowest BCUT2D eigenvalue weighted by atomic mass is 10.1. The summed E-state index contributed by atoms with van der Waals surface area (Å²) in [6.07, 6.45) is 0. The summed E-state index contributed by atoms with van der Waals surface area (Å²) in [5.74, 6) is 2.17. The molecule has 7 heteroatoms. The molecule has 0 unspecified atom stereocenters. The van der Waals surface area contributed by atoms with Crippen molar-refractivity contribution in [1.29, 1.82) is 0 Å². The molecule has 0 aliphatic carbocycles. The predicted molar refractivity (Wildman–Crippen MR) is 110 cm³/mol. The minimum absolute atomic E-state index is 0.666. The molecule has 2 heterocycles. The van der Waals surface area contributed by atoms with E-state index in [2.05, 4.69) is 35.3 Å². The number of fused-ring (bicyclic) bond motifs is 1. The molecule has 2 aromatic heterocycles. The van der Waals surface area contributed by atoms with Crippen LogP contribution in [0.5, 0.6) is 11.5 Å². The molecule has 0 amide bonds. The second-order valence-electron chi connectivity index (χ2n) is 6.26. The number of hydrogen-bond donors (Lipinski definition) is 0. The van der Waals surface area contributed by atoms with E-state index >= 15 is 0 Å². The molecule has 6 nitrogen and oxygen atoms in total. The van der Waals surface area contributed by atoms with Gasteiger partial charge in [-0.3, -0.25) is 0 Å². The van der Waals surface area contributed by atoms with Gasteiger partial charge in [0.25, 0.3) is 0 Å². The topological polar surface area (TPSA) is 61.5 Å². The van der Waals surface area contributed by atoms with Gasteiger partial charge in [0.05, 0.1) is 19.9 Å². The Balaban J connectivity index is 1.65. The Morgan fingerprint density at radius 2 is 1.75 bits per heavy atom. The van der Waals surface area contributed by atoms with Gasteiger partial charge in [0, 0.05) is 11.3 Å². The number of rotatable bonds is 6. The first kappa shape index (κ1) is 18.3. The fourth-order valence-electron chi connectivity index (χ4n) is 2.92. The minimum Gasteiger partial charge on any atom is -0.493 e. The van der Waals surface area contributed by atoms with Crippen LogP contribution < -0.4 is 9.47 Å². The van der Waals surface area contributed by atoms with Gasteiger partial charge in [-0.15, -0.1) is 10.2 Å². The summed E-state index contributed by atoms with van der Waals surface area (Å²) in [5.41, 5.74) is 5.01. The fourth-order valence-corrected chi connectivity index (χ4v) is 3.89. The van der Waals surface area contributed by atoms with Gasteiger partial charge in [-0.05, 0) is 48.4 Å². The molecule has 0 fully saturated rings. The number of nitrogens with zero attached hydrogens (tertiary/aromatic N) is 4. The second-order valence-corrected chi connectivity index (χ2v) is 7.20. The van der Waals surface area contributed by atoms with Crippen LogP contribution in [0, 0.1) is 6.92 Å². The lowest BCUT2D eigenvalue weighted by molar-refractivity contribution is 0.355. The zero-order valence-electron chi connectivity index (χ0n) is 15.9. The Labute approximate surface area is 167 Å². The van der Waals surface area contributed by atoms with Crippen molar-refractivity contribution in [1.82, 2.24) is 19.8 Å². The fraction of sp³-hybridized carbons (Fsp3) is 0.190. The molecular formula is C21H20N4O2S. The Morgan fingerprint density at radius 1 is 0.929 bits per heavy atom. The molecule has 0 spiro atoms. The molecule has 0 bridgehead atoms. The average Bonchev–Trinajstić information content (AvgIpc) is 3.15. The molecule has 0 aliphatic heterocycles.